The first-order valence-electron chi connectivity index (χ1n) is 8.65. The first-order chi connectivity index (χ1) is 11.8. The molecule has 24 heavy (non-hydrogen) atoms. The fourth-order valence-corrected chi connectivity index (χ4v) is 2.77. The standard InChI is InChI=1S/C18H28N4O2/c1-3-19-18(21-12-14-24-2)20-11-6-9-17(23)22-13-10-15-7-4-5-8-16(15)22/h4-5,7-8H,3,6,9-14H2,1-2H3,(H2,19,20,21). The molecule has 132 valence electrons. The largest absolute Gasteiger partial charge is 0.383 e. The molecule has 0 radical (unpaired) electrons. The van der Waals surface area contributed by atoms with E-state index < -0.39 is 0 Å². The van der Waals surface area contributed by atoms with Crippen molar-refractivity contribution in [3.8, 4) is 0 Å². The number of aliphatic imine (C=N–C) groups is 1. The van der Waals surface area contributed by atoms with Gasteiger partial charge in [-0.05, 0) is 31.4 Å². The minimum absolute atomic E-state index is 0.187. The van der Waals surface area contributed by atoms with Gasteiger partial charge in [0.25, 0.3) is 0 Å². The number of fused-ring (bicyclic) bond motifs is 1. The average molecular weight is 332 g/mol. The van der Waals surface area contributed by atoms with E-state index >= 15 is 0 Å². The highest BCUT2D eigenvalue weighted by molar-refractivity contribution is 5.95. The van der Waals surface area contributed by atoms with Crippen molar-refractivity contribution in [3.63, 3.8) is 0 Å². The Morgan fingerprint density at radius 2 is 2.17 bits per heavy atom. The summed E-state index contributed by atoms with van der Waals surface area (Å²) in [7, 11) is 1.67. The molecule has 1 aromatic rings. The summed E-state index contributed by atoms with van der Waals surface area (Å²) >= 11 is 0. The quantitative estimate of drug-likeness (QED) is 0.431. The van der Waals surface area contributed by atoms with Crippen LogP contribution in [-0.2, 0) is 16.0 Å². The van der Waals surface area contributed by atoms with Gasteiger partial charge in [-0.1, -0.05) is 18.2 Å². The number of ether oxygens (including phenoxy) is 1. The molecule has 0 aromatic heterocycles. The van der Waals surface area contributed by atoms with Crippen LogP contribution in [0.4, 0.5) is 5.69 Å². The van der Waals surface area contributed by atoms with Crippen molar-refractivity contribution in [2.45, 2.75) is 26.2 Å². The van der Waals surface area contributed by atoms with Crippen molar-refractivity contribution in [2.24, 2.45) is 4.99 Å². The normalized spacial score (nSPS) is 13.8. The van der Waals surface area contributed by atoms with E-state index in [1.807, 2.05) is 30.0 Å². The molecule has 2 rings (SSSR count). The van der Waals surface area contributed by atoms with Gasteiger partial charge in [-0.3, -0.25) is 9.79 Å². The van der Waals surface area contributed by atoms with Crippen LogP contribution in [0.2, 0.25) is 0 Å². The van der Waals surface area contributed by atoms with Crippen molar-refractivity contribution >= 4 is 17.6 Å². The number of hydrogen-bond donors (Lipinski definition) is 2. The molecule has 1 heterocycles. The van der Waals surface area contributed by atoms with Crippen LogP contribution in [-0.4, -0.2) is 51.8 Å². The number of methoxy groups -OCH3 is 1. The van der Waals surface area contributed by atoms with E-state index in [-0.39, 0.29) is 5.91 Å². The Morgan fingerprint density at radius 3 is 2.96 bits per heavy atom. The van der Waals surface area contributed by atoms with Gasteiger partial charge in [0, 0.05) is 45.4 Å². The number of carbonyl (C=O) groups is 1. The lowest BCUT2D eigenvalue weighted by molar-refractivity contribution is -0.118. The van der Waals surface area contributed by atoms with Crippen LogP contribution in [0.1, 0.15) is 25.3 Å². The highest BCUT2D eigenvalue weighted by Gasteiger charge is 2.23. The zero-order valence-corrected chi connectivity index (χ0v) is 14.7. The van der Waals surface area contributed by atoms with E-state index in [9.17, 15) is 4.79 Å². The maximum atomic E-state index is 12.4. The minimum atomic E-state index is 0.187. The summed E-state index contributed by atoms with van der Waals surface area (Å²) in [6, 6.07) is 8.14. The Balaban J connectivity index is 1.76. The molecule has 6 nitrogen and oxygen atoms in total. The monoisotopic (exact) mass is 332 g/mol. The topological polar surface area (TPSA) is 66.0 Å². The van der Waals surface area contributed by atoms with Gasteiger partial charge >= 0.3 is 0 Å². The SMILES string of the molecule is CCNC(=NCCCC(=O)N1CCc2ccccc21)NCCOC. The average Bonchev–Trinajstić information content (AvgIpc) is 3.03. The molecule has 0 aliphatic carbocycles. The number of carbonyl (C=O) groups excluding carboxylic acids is 1. The second-order valence-corrected chi connectivity index (χ2v) is 5.71. The van der Waals surface area contributed by atoms with E-state index in [0.29, 0.717) is 26.1 Å². The molecule has 2 N–H and O–H groups in total. The van der Waals surface area contributed by atoms with Gasteiger partial charge in [0.2, 0.25) is 5.91 Å². The number of amides is 1. The molecule has 0 saturated carbocycles. The first-order valence-corrected chi connectivity index (χ1v) is 8.65. The summed E-state index contributed by atoms with van der Waals surface area (Å²) in [5.41, 5.74) is 2.33. The number of para-hydroxylation sites is 1. The fraction of sp³-hybridized carbons (Fsp3) is 0.556. The van der Waals surface area contributed by atoms with Crippen LogP contribution in [0.5, 0.6) is 0 Å². The molecular formula is C18H28N4O2. The molecule has 1 aliphatic heterocycles. The van der Waals surface area contributed by atoms with Crippen molar-refractivity contribution in [1.82, 2.24) is 10.6 Å². The van der Waals surface area contributed by atoms with Crippen molar-refractivity contribution < 1.29 is 9.53 Å². The number of rotatable bonds is 8. The first kappa shape index (κ1) is 18.3. The van der Waals surface area contributed by atoms with Gasteiger partial charge in [0.15, 0.2) is 5.96 Å². The van der Waals surface area contributed by atoms with E-state index in [4.69, 9.17) is 4.74 Å². The van der Waals surface area contributed by atoms with Gasteiger partial charge in [0.1, 0.15) is 0 Å². The minimum Gasteiger partial charge on any atom is -0.383 e. The van der Waals surface area contributed by atoms with E-state index in [2.05, 4.69) is 21.7 Å². The van der Waals surface area contributed by atoms with Crippen LogP contribution in [0, 0.1) is 0 Å². The fourth-order valence-electron chi connectivity index (χ4n) is 2.77. The van der Waals surface area contributed by atoms with E-state index in [1.54, 1.807) is 7.11 Å². The maximum Gasteiger partial charge on any atom is 0.227 e. The lowest BCUT2D eigenvalue weighted by Crippen LogP contribution is -2.39. The molecular weight excluding hydrogens is 304 g/mol. The number of nitrogens with one attached hydrogen (secondary N) is 2. The third kappa shape index (κ3) is 5.23. The van der Waals surface area contributed by atoms with E-state index in [1.165, 1.54) is 5.56 Å². The molecule has 1 amide bonds. The summed E-state index contributed by atoms with van der Waals surface area (Å²) < 4.78 is 5.02. The molecule has 0 unspecified atom stereocenters. The molecule has 0 atom stereocenters. The number of nitrogens with zero attached hydrogens (tertiary/aromatic N) is 2. The number of guanidine groups is 1. The van der Waals surface area contributed by atoms with Gasteiger partial charge in [0.05, 0.1) is 6.61 Å². The van der Waals surface area contributed by atoms with Crippen molar-refractivity contribution in [2.75, 3.05) is 44.8 Å². The molecule has 6 heteroatoms. The molecule has 0 spiro atoms. The Morgan fingerprint density at radius 1 is 1.33 bits per heavy atom. The highest BCUT2D eigenvalue weighted by Crippen LogP contribution is 2.27. The second kappa shape index (κ2) is 9.93. The van der Waals surface area contributed by atoms with Crippen molar-refractivity contribution in [1.29, 1.82) is 0 Å². The second-order valence-electron chi connectivity index (χ2n) is 5.71. The molecule has 0 saturated heterocycles. The van der Waals surface area contributed by atoms with E-state index in [0.717, 1.165) is 37.6 Å². The number of anilines is 1. The highest BCUT2D eigenvalue weighted by atomic mass is 16.5. The lowest BCUT2D eigenvalue weighted by Gasteiger charge is -2.17. The molecule has 0 fully saturated rings. The predicted octanol–water partition coefficient (Wildman–Crippen LogP) is 1.56. The maximum absolute atomic E-state index is 12.4. The Labute approximate surface area is 144 Å². The molecule has 1 aromatic carbocycles. The zero-order chi connectivity index (χ0) is 17.2. The van der Waals surface area contributed by atoms with Crippen LogP contribution >= 0.6 is 0 Å². The van der Waals surface area contributed by atoms with Gasteiger partial charge in [-0.25, -0.2) is 0 Å². The van der Waals surface area contributed by atoms with Gasteiger partial charge in [-0.2, -0.15) is 0 Å². The Bertz CT molecular complexity index is 560. The summed E-state index contributed by atoms with van der Waals surface area (Å²) in [5, 5.41) is 6.38. The summed E-state index contributed by atoms with van der Waals surface area (Å²) in [5.74, 6) is 0.959. The summed E-state index contributed by atoms with van der Waals surface area (Å²) in [6.45, 7) is 5.61. The number of benzene rings is 1. The predicted molar refractivity (Wildman–Crippen MR) is 97.6 cm³/mol. The number of hydrogen-bond acceptors (Lipinski definition) is 3. The zero-order valence-electron chi connectivity index (χ0n) is 14.7. The van der Waals surface area contributed by atoms with Crippen LogP contribution in [0.3, 0.4) is 0 Å². The molecule has 0 bridgehead atoms. The molecule has 1 aliphatic rings. The van der Waals surface area contributed by atoms with Gasteiger partial charge < -0.3 is 20.3 Å². The third-order valence-corrected chi connectivity index (χ3v) is 3.95. The third-order valence-electron chi connectivity index (χ3n) is 3.95. The summed E-state index contributed by atoms with van der Waals surface area (Å²) in [4.78, 5) is 18.8. The Kier molecular flexibility index (Phi) is 7.55. The lowest BCUT2D eigenvalue weighted by atomic mass is 10.2. The van der Waals surface area contributed by atoms with Crippen LogP contribution < -0.4 is 15.5 Å². The van der Waals surface area contributed by atoms with Gasteiger partial charge in [-0.15, -0.1) is 0 Å². The van der Waals surface area contributed by atoms with Crippen LogP contribution in [0.15, 0.2) is 29.3 Å². The van der Waals surface area contributed by atoms with Crippen molar-refractivity contribution in [3.05, 3.63) is 29.8 Å². The summed E-state index contributed by atoms with van der Waals surface area (Å²) in [6.07, 6.45) is 2.22. The van der Waals surface area contributed by atoms with Crippen LogP contribution in [0.25, 0.3) is 0 Å². The Hall–Kier alpha value is -2.08. The smallest absolute Gasteiger partial charge is 0.227 e.